The Labute approximate surface area is 236 Å². The molecule has 0 radical (unpaired) electrons. The van der Waals surface area contributed by atoms with Crippen LogP contribution in [0.5, 0.6) is 0 Å². The predicted molar refractivity (Wildman–Crippen MR) is 156 cm³/mol. The van der Waals surface area contributed by atoms with Gasteiger partial charge in [-0.25, -0.2) is 13.2 Å². The van der Waals surface area contributed by atoms with E-state index in [-0.39, 0.29) is 35.4 Å². The first-order valence-corrected chi connectivity index (χ1v) is 17.6. The van der Waals surface area contributed by atoms with Gasteiger partial charge >= 0.3 is 0 Å². The number of unbranched alkanes of at least 4 members (excludes halogenated alkanes) is 1. The van der Waals surface area contributed by atoms with Crippen molar-refractivity contribution >= 4 is 82.7 Å². The summed E-state index contributed by atoms with van der Waals surface area (Å²) in [6, 6.07) is -0.764. The lowest BCUT2D eigenvalue weighted by molar-refractivity contribution is 0.236. The van der Waals surface area contributed by atoms with Crippen molar-refractivity contribution in [1.29, 1.82) is 0 Å². The van der Waals surface area contributed by atoms with Crippen LogP contribution >= 0.6 is 82.7 Å². The van der Waals surface area contributed by atoms with Gasteiger partial charge in [0.25, 0.3) is 4.33 Å². The van der Waals surface area contributed by atoms with Crippen LogP contribution in [0.2, 0.25) is 0 Å². The highest BCUT2D eigenvalue weighted by Gasteiger charge is 2.67. The summed E-state index contributed by atoms with van der Waals surface area (Å²) in [6.45, 7) is 6.08. The van der Waals surface area contributed by atoms with Gasteiger partial charge in [0.2, 0.25) is 4.33 Å². The van der Waals surface area contributed by atoms with Crippen molar-refractivity contribution in [3.05, 3.63) is 0 Å². The van der Waals surface area contributed by atoms with Gasteiger partial charge in [0.1, 0.15) is 10.8 Å². The second-order valence-electron chi connectivity index (χ2n) is 8.06. The van der Waals surface area contributed by atoms with Gasteiger partial charge in [-0.05, 0) is 44.6 Å². The van der Waals surface area contributed by atoms with E-state index in [4.69, 9.17) is 0 Å². The molecule has 0 rings (SSSR count). The van der Waals surface area contributed by atoms with Crippen molar-refractivity contribution in [1.82, 2.24) is 0 Å². The van der Waals surface area contributed by atoms with Crippen molar-refractivity contribution < 1.29 is 30.2 Å². The Balaban J connectivity index is 6.58. The number of alkyl halides is 6. The molecule has 5 atom stereocenters. The standard InChI is InChI=1S/C21H37F7S7/c1-16(2)33-20(26,32-13-8-10-23)19(5,31-12-7-6-9-22)21(27,35-28)34-18(4,30-14-11-24)17(3)29-15-25/h16-17H,6-15H2,1-5H3. The van der Waals surface area contributed by atoms with Crippen LogP contribution in [0.25, 0.3) is 0 Å². The molecular weight excluding hydrogens is 610 g/mol. The van der Waals surface area contributed by atoms with Crippen molar-refractivity contribution in [2.45, 2.75) is 81.9 Å². The summed E-state index contributed by atoms with van der Waals surface area (Å²) < 4.78 is 91.9. The Bertz CT molecular complexity index is 568. The first-order chi connectivity index (χ1) is 16.3. The molecule has 0 aromatic heterocycles. The summed E-state index contributed by atoms with van der Waals surface area (Å²) in [7, 11) is 0. The zero-order valence-corrected chi connectivity index (χ0v) is 26.4. The molecule has 0 nitrogen and oxygen atoms in total. The summed E-state index contributed by atoms with van der Waals surface area (Å²) in [5.74, 6) is 0.234. The fraction of sp³-hybridized carbons (Fsp3) is 1.00. The zero-order valence-electron chi connectivity index (χ0n) is 20.7. The molecule has 212 valence electrons. The fourth-order valence-electron chi connectivity index (χ4n) is 2.83. The van der Waals surface area contributed by atoms with Crippen LogP contribution < -0.4 is 0 Å². The van der Waals surface area contributed by atoms with E-state index in [9.17, 15) is 21.4 Å². The monoisotopic (exact) mass is 646 g/mol. The third-order valence-electron chi connectivity index (χ3n) is 4.96. The molecule has 0 amide bonds. The van der Waals surface area contributed by atoms with Crippen LogP contribution in [0.3, 0.4) is 0 Å². The van der Waals surface area contributed by atoms with E-state index >= 15 is 8.78 Å². The molecular formula is C21H37F7S7. The molecule has 0 aromatic rings. The quantitative estimate of drug-likeness (QED) is 0.0644. The Hall–Kier alpha value is 1.96. The van der Waals surface area contributed by atoms with Gasteiger partial charge in [-0.1, -0.05) is 32.5 Å². The maximum Gasteiger partial charge on any atom is 0.252 e. The average molecular weight is 647 g/mol. The second-order valence-corrected chi connectivity index (χ2v) is 18.5. The molecule has 0 N–H and O–H groups in total. The third-order valence-corrected chi connectivity index (χ3v) is 16.0. The van der Waals surface area contributed by atoms with E-state index in [2.05, 4.69) is 0 Å². The van der Waals surface area contributed by atoms with E-state index in [1.807, 2.05) is 0 Å². The minimum absolute atomic E-state index is 0.0131. The van der Waals surface area contributed by atoms with Crippen molar-refractivity contribution in [2.75, 3.05) is 43.3 Å². The largest absolute Gasteiger partial charge is 0.252 e. The summed E-state index contributed by atoms with van der Waals surface area (Å²) >= 11 is 4.34. The van der Waals surface area contributed by atoms with E-state index in [1.165, 1.54) is 6.92 Å². The maximum absolute atomic E-state index is 17.0. The van der Waals surface area contributed by atoms with E-state index in [0.717, 1.165) is 58.8 Å². The zero-order chi connectivity index (χ0) is 27.2. The first-order valence-electron chi connectivity index (χ1n) is 11.2. The molecule has 5 unspecified atom stereocenters. The number of hydrogen-bond acceptors (Lipinski definition) is 7. The van der Waals surface area contributed by atoms with Gasteiger partial charge in [0.15, 0.2) is 0 Å². The van der Waals surface area contributed by atoms with Crippen LogP contribution in [0.1, 0.15) is 53.9 Å². The molecule has 0 saturated carbocycles. The van der Waals surface area contributed by atoms with Crippen molar-refractivity contribution in [2.24, 2.45) is 0 Å². The van der Waals surface area contributed by atoms with Crippen LogP contribution in [-0.4, -0.2) is 71.3 Å². The summed E-state index contributed by atoms with van der Waals surface area (Å²) in [6.07, 6.45) is 0.604. The highest BCUT2D eigenvalue weighted by Crippen LogP contribution is 2.69. The van der Waals surface area contributed by atoms with Gasteiger partial charge < -0.3 is 0 Å². The van der Waals surface area contributed by atoms with E-state index < -0.39 is 60.9 Å². The fourth-order valence-corrected chi connectivity index (χ4v) is 13.4. The lowest BCUT2D eigenvalue weighted by Gasteiger charge is -2.50. The smallest absolute Gasteiger partial charge is 0.251 e. The first kappa shape index (κ1) is 37.0. The lowest BCUT2D eigenvalue weighted by atomic mass is 10.2. The predicted octanol–water partition coefficient (Wildman–Crippen LogP) is 10.5. The second kappa shape index (κ2) is 18.3. The van der Waals surface area contributed by atoms with E-state index in [1.54, 1.807) is 27.7 Å². The topological polar surface area (TPSA) is 0 Å². The molecule has 0 aliphatic carbocycles. The van der Waals surface area contributed by atoms with Crippen molar-refractivity contribution in [3.8, 4) is 0 Å². The van der Waals surface area contributed by atoms with Gasteiger partial charge in [0.05, 0.1) is 36.3 Å². The van der Waals surface area contributed by atoms with Crippen LogP contribution in [0.4, 0.5) is 30.2 Å². The molecule has 0 aromatic carbocycles. The molecule has 0 spiro atoms. The number of halogens is 7. The van der Waals surface area contributed by atoms with Crippen LogP contribution in [-0.2, 0) is 0 Å². The lowest BCUT2D eigenvalue weighted by Crippen LogP contribution is -2.56. The maximum atomic E-state index is 17.0. The summed E-state index contributed by atoms with van der Waals surface area (Å²) in [5, 5.41) is -0.848. The molecule has 0 fully saturated rings. The SMILES string of the molecule is CC(C)SC(F)(SCCCF)C(C)(SCCCCF)C(F)(SF)SC(C)(SCCF)C(C)SCF. The number of hydrogen-bond donors (Lipinski definition) is 0. The summed E-state index contributed by atoms with van der Waals surface area (Å²) in [4.78, 5) is 0. The average Bonchev–Trinajstić information content (AvgIpc) is 2.79. The Morgan fingerprint density at radius 1 is 0.714 bits per heavy atom. The highest BCUT2D eigenvalue weighted by atomic mass is 32.2. The van der Waals surface area contributed by atoms with Gasteiger partial charge in [0, 0.05) is 16.3 Å². The molecule has 0 heterocycles. The molecule has 0 saturated heterocycles. The normalized spacial score (nSPS) is 20.1. The van der Waals surface area contributed by atoms with Gasteiger partial charge in [-0.2, -0.15) is 3.89 Å². The van der Waals surface area contributed by atoms with Crippen molar-refractivity contribution in [3.63, 3.8) is 0 Å². The Morgan fingerprint density at radius 2 is 1.31 bits per heavy atom. The third kappa shape index (κ3) is 11.2. The minimum atomic E-state index is -2.88. The number of thioether (sulfide) groups is 6. The van der Waals surface area contributed by atoms with Crippen LogP contribution in [0, 0.1) is 0 Å². The van der Waals surface area contributed by atoms with E-state index in [0.29, 0.717) is 18.2 Å². The van der Waals surface area contributed by atoms with Crippen LogP contribution in [0.15, 0.2) is 0 Å². The molecule has 0 aliphatic heterocycles. The van der Waals surface area contributed by atoms with Gasteiger partial charge in [-0.3, -0.25) is 13.2 Å². The molecule has 35 heavy (non-hydrogen) atoms. The molecule has 0 aliphatic rings. The molecule has 0 bridgehead atoms. The summed E-state index contributed by atoms with van der Waals surface area (Å²) in [5.41, 5.74) is 0. The Morgan fingerprint density at radius 3 is 1.80 bits per heavy atom. The number of rotatable bonds is 22. The van der Waals surface area contributed by atoms with Gasteiger partial charge in [-0.15, -0.1) is 58.8 Å². The minimum Gasteiger partial charge on any atom is -0.251 e. The molecule has 14 heteroatoms. The highest BCUT2D eigenvalue weighted by molar-refractivity contribution is 8.26. The Kier molecular flexibility index (Phi) is 19.4.